The summed E-state index contributed by atoms with van der Waals surface area (Å²) in [7, 11) is -3.04. The minimum Gasteiger partial charge on any atom is -0.392 e. The molecule has 112 valence electrons. The van der Waals surface area contributed by atoms with Crippen LogP contribution in [0, 0.1) is 5.82 Å². The molecule has 0 amide bonds. The van der Waals surface area contributed by atoms with Crippen molar-refractivity contribution in [3.05, 3.63) is 35.1 Å². The Kier molecular flexibility index (Phi) is 4.78. The van der Waals surface area contributed by atoms with Crippen LogP contribution < -0.4 is 5.32 Å². The summed E-state index contributed by atoms with van der Waals surface area (Å²) in [6.07, 6.45) is 3.72. The number of nitrogens with one attached hydrogen (secondary N) is 1. The van der Waals surface area contributed by atoms with Gasteiger partial charge in [0.05, 0.1) is 11.9 Å². The molecule has 1 fully saturated rings. The van der Waals surface area contributed by atoms with Crippen LogP contribution >= 0.6 is 0 Å². The zero-order chi connectivity index (χ0) is 14.8. The monoisotopic (exact) mass is 301 g/mol. The van der Waals surface area contributed by atoms with E-state index in [9.17, 15) is 12.8 Å². The summed E-state index contributed by atoms with van der Waals surface area (Å²) in [5, 5.41) is 11.9. The Morgan fingerprint density at radius 3 is 2.80 bits per heavy atom. The molecular formula is C14H20FNO3S. The topological polar surface area (TPSA) is 66.4 Å². The maximum absolute atomic E-state index is 13.3. The van der Waals surface area contributed by atoms with E-state index in [0.29, 0.717) is 13.0 Å². The second-order valence-corrected chi connectivity index (χ2v) is 7.63. The maximum atomic E-state index is 13.3. The maximum Gasteiger partial charge on any atom is 0.151 e. The number of aliphatic hydroxyl groups is 1. The molecule has 20 heavy (non-hydrogen) atoms. The fourth-order valence-electron chi connectivity index (χ4n) is 2.78. The minimum absolute atomic E-state index is 0.0485. The van der Waals surface area contributed by atoms with E-state index in [1.54, 1.807) is 12.1 Å². The largest absolute Gasteiger partial charge is 0.392 e. The van der Waals surface area contributed by atoms with E-state index in [1.807, 2.05) is 0 Å². The van der Waals surface area contributed by atoms with Gasteiger partial charge in [-0.1, -0.05) is 12.5 Å². The summed E-state index contributed by atoms with van der Waals surface area (Å²) in [6, 6.07) is 4.52. The van der Waals surface area contributed by atoms with Crippen molar-refractivity contribution in [2.75, 3.05) is 6.26 Å². The molecule has 0 saturated heterocycles. The van der Waals surface area contributed by atoms with Crippen LogP contribution in [0.3, 0.4) is 0 Å². The standard InChI is InChI=1S/C14H20FNO3S/c1-20(18,19)14-4-2-3-13(14)16-8-10-5-6-12(15)11(7-10)9-17/h5-7,13-14,16-17H,2-4,8-9H2,1H3. The Labute approximate surface area is 118 Å². The number of hydrogen-bond donors (Lipinski definition) is 2. The summed E-state index contributed by atoms with van der Waals surface area (Å²) >= 11 is 0. The summed E-state index contributed by atoms with van der Waals surface area (Å²) in [4.78, 5) is 0. The Hall–Kier alpha value is -0.980. The number of sulfone groups is 1. The molecule has 0 heterocycles. The molecule has 4 nitrogen and oxygen atoms in total. The van der Waals surface area contributed by atoms with Crippen molar-refractivity contribution in [3.63, 3.8) is 0 Å². The number of aliphatic hydroxyl groups excluding tert-OH is 1. The van der Waals surface area contributed by atoms with Crippen molar-refractivity contribution >= 4 is 9.84 Å². The predicted molar refractivity (Wildman–Crippen MR) is 75.4 cm³/mol. The van der Waals surface area contributed by atoms with Crippen LogP contribution in [0.5, 0.6) is 0 Å². The van der Waals surface area contributed by atoms with Gasteiger partial charge in [-0.05, 0) is 30.5 Å². The highest BCUT2D eigenvalue weighted by Gasteiger charge is 2.34. The SMILES string of the molecule is CS(=O)(=O)C1CCCC1NCc1ccc(F)c(CO)c1. The van der Waals surface area contributed by atoms with Crippen molar-refractivity contribution in [1.29, 1.82) is 0 Å². The van der Waals surface area contributed by atoms with E-state index in [1.165, 1.54) is 12.3 Å². The van der Waals surface area contributed by atoms with Gasteiger partial charge in [0.25, 0.3) is 0 Å². The fourth-order valence-corrected chi connectivity index (χ4v) is 4.20. The molecule has 1 aliphatic rings. The van der Waals surface area contributed by atoms with Crippen LogP contribution in [0.15, 0.2) is 18.2 Å². The number of halogens is 1. The third-order valence-electron chi connectivity index (χ3n) is 3.85. The third kappa shape index (κ3) is 3.56. The lowest BCUT2D eigenvalue weighted by Crippen LogP contribution is -2.39. The summed E-state index contributed by atoms with van der Waals surface area (Å²) < 4.78 is 36.6. The highest BCUT2D eigenvalue weighted by atomic mass is 32.2. The van der Waals surface area contributed by atoms with Gasteiger partial charge in [-0.2, -0.15) is 0 Å². The average molecular weight is 301 g/mol. The zero-order valence-corrected chi connectivity index (χ0v) is 12.3. The Morgan fingerprint density at radius 1 is 1.40 bits per heavy atom. The lowest BCUT2D eigenvalue weighted by atomic mass is 10.1. The van der Waals surface area contributed by atoms with E-state index in [4.69, 9.17) is 5.11 Å². The second-order valence-electron chi connectivity index (χ2n) is 5.37. The average Bonchev–Trinajstić information content (AvgIpc) is 2.86. The molecule has 1 aromatic carbocycles. The van der Waals surface area contributed by atoms with Gasteiger partial charge in [-0.15, -0.1) is 0 Å². The van der Waals surface area contributed by atoms with Crippen LogP contribution in [0.4, 0.5) is 4.39 Å². The molecule has 0 radical (unpaired) electrons. The van der Waals surface area contributed by atoms with E-state index >= 15 is 0 Å². The summed E-state index contributed by atoms with van der Waals surface area (Å²) in [5.41, 5.74) is 1.10. The first-order chi connectivity index (χ1) is 9.41. The van der Waals surface area contributed by atoms with Crippen LogP contribution in [-0.4, -0.2) is 31.1 Å². The first kappa shape index (κ1) is 15.4. The molecule has 0 spiro atoms. The van der Waals surface area contributed by atoms with Crippen molar-refractivity contribution in [3.8, 4) is 0 Å². The molecule has 0 bridgehead atoms. The van der Waals surface area contributed by atoms with Crippen LogP contribution in [-0.2, 0) is 23.0 Å². The van der Waals surface area contributed by atoms with E-state index in [0.717, 1.165) is 18.4 Å². The van der Waals surface area contributed by atoms with E-state index in [2.05, 4.69) is 5.32 Å². The second kappa shape index (κ2) is 6.20. The highest BCUT2D eigenvalue weighted by Crippen LogP contribution is 2.25. The Balaban J connectivity index is 2.02. The van der Waals surface area contributed by atoms with Gasteiger partial charge < -0.3 is 10.4 Å². The Morgan fingerprint density at radius 2 is 2.15 bits per heavy atom. The number of rotatable bonds is 5. The first-order valence-corrected chi connectivity index (χ1v) is 8.67. The molecule has 6 heteroatoms. The smallest absolute Gasteiger partial charge is 0.151 e. The van der Waals surface area contributed by atoms with Gasteiger partial charge in [0, 0.05) is 24.4 Å². The van der Waals surface area contributed by atoms with Crippen molar-refractivity contribution < 1.29 is 17.9 Å². The molecule has 2 N–H and O–H groups in total. The molecule has 2 rings (SSSR count). The lowest BCUT2D eigenvalue weighted by Gasteiger charge is -2.19. The lowest BCUT2D eigenvalue weighted by molar-refractivity contribution is 0.275. The van der Waals surface area contributed by atoms with Gasteiger partial charge >= 0.3 is 0 Å². The molecule has 1 aliphatic carbocycles. The molecule has 1 aromatic rings. The molecule has 1 saturated carbocycles. The van der Waals surface area contributed by atoms with E-state index in [-0.39, 0.29) is 23.5 Å². The number of benzene rings is 1. The summed E-state index contributed by atoms with van der Waals surface area (Å²) in [6.45, 7) is 0.138. The van der Waals surface area contributed by atoms with Crippen LogP contribution in [0.2, 0.25) is 0 Å². The quantitative estimate of drug-likeness (QED) is 0.862. The zero-order valence-electron chi connectivity index (χ0n) is 11.5. The van der Waals surface area contributed by atoms with Crippen molar-refractivity contribution in [2.24, 2.45) is 0 Å². The normalized spacial score (nSPS) is 23.1. The van der Waals surface area contributed by atoms with Crippen molar-refractivity contribution in [2.45, 2.75) is 43.7 Å². The minimum atomic E-state index is -3.04. The Bertz CT molecular complexity index is 574. The highest BCUT2D eigenvalue weighted by molar-refractivity contribution is 7.91. The van der Waals surface area contributed by atoms with Gasteiger partial charge in [0.1, 0.15) is 5.82 Å². The van der Waals surface area contributed by atoms with Gasteiger partial charge in [0.2, 0.25) is 0 Å². The van der Waals surface area contributed by atoms with Crippen LogP contribution in [0.1, 0.15) is 30.4 Å². The van der Waals surface area contributed by atoms with E-state index < -0.39 is 15.7 Å². The number of hydrogen-bond acceptors (Lipinski definition) is 4. The summed E-state index contributed by atoms with van der Waals surface area (Å²) in [5.74, 6) is -0.425. The molecule has 0 aliphatic heterocycles. The van der Waals surface area contributed by atoms with Crippen molar-refractivity contribution in [1.82, 2.24) is 5.32 Å². The van der Waals surface area contributed by atoms with Gasteiger partial charge in [-0.25, -0.2) is 12.8 Å². The fraction of sp³-hybridized carbons (Fsp3) is 0.571. The molecule has 2 atom stereocenters. The molecule has 0 aromatic heterocycles. The predicted octanol–water partition coefficient (Wildman–Crippen LogP) is 1.37. The van der Waals surface area contributed by atoms with Gasteiger partial charge in [-0.3, -0.25) is 0 Å². The molecule has 2 unspecified atom stereocenters. The van der Waals surface area contributed by atoms with Crippen LogP contribution in [0.25, 0.3) is 0 Å². The van der Waals surface area contributed by atoms with Gasteiger partial charge in [0.15, 0.2) is 9.84 Å². The molecular weight excluding hydrogens is 281 g/mol. The first-order valence-electron chi connectivity index (χ1n) is 6.72. The third-order valence-corrected chi connectivity index (χ3v) is 5.52.